The highest BCUT2D eigenvalue weighted by Crippen LogP contribution is 2.53. The van der Waals surface area contributed by atoms with Gasteiger partial charge in [-0.3, -0.25) is 10.0 Å². The molecule has 2 aliphatic rings. The molecule has 1 heterocycles. The molecule has 0 radical (unpaired) electrons. The minimum Gasteiger partial charge on any atom is -0.278 e. The molecule has 7 nitrogen and oxygen atoms in total. The van der Waals surface area contributed by atoms with Crippen molar-refractivity contribution >= 4 is 11.4 Å². The van der Waals surface area contributed by atoms with Gasteiger partial charge in [-0.25, -0.2) is 0 Å². The lowest BCUT2D eigenvalue weighted by Gasteiger charge is -2.25. The van der Waals surface area contributed by atoms with E-state index in [9.17, 15) is 21.0 Å². The topological polar surface area (TPSA) is 123 Å². The van der Waals surface area contributed by atoms with Crippen LogP contribution in [0.15, 0.2) is 10.1 Å². The lowest BCUT2D eigenvalue weighted by Crippen LogP contribution is -2.41. The molecule has 0 amide bonds. The van der Waals surface area contributed by atoms with Gasteiger partial charge in [0.1, 0.15) is 12.4 Å². The van der Waals surface area contributed by atoms with Gasteiger partial charge >= 0.3 is 0 Å². The van der Waals surface area contributed by atoms with Crippen molar-refractivity contribution in [3.63, 3.8) is 0 Å². The van der Waals surface area contributed by atoms with Crippen molar-refractivity contribution in [1.82, 2.24) is 5.01 Å². The summed E-state index contributed by atoms with van der Waals surface area (Å²) in [6, 6.07) is 7.36. The fraction of sp³-hybridized carbons (Fsp3) is 0.500. The minimum atomic E-state index is -1.90. The van der Waals surface area contributed by atoms with E-state index in [1.165, 1.54) is 5.01 Å². The fourth-order valence-corrected chi connectivity index (χ4v) is 2.53. The van der Waals surface area contributed by atoms with Gasteiger partial charge in [-0.2, -0.15) is 26.1 Å². The van der Waals surface area contributed by atoms with E-state index in [0.717, 1.165) is 0 Å². The molecule has 7 heteroatoms. The van der Waals surface area contributed by atoms with Crippen molar-refractivity contribution in [3.05, 3.63) is 0 Å². The van der Waals surface area contributed by atoms with Crippen LogP contribution in [0.3, 0.4) is 0 Å². The number of hydrogen-bond donors (Lipinski definition) is 0. The number of aliphatic imine (C=N–C) groups is 1. The number of fused-ring (bicyclic) bond motifs is 1. The molecule has 0 aromatic heterocycles. The highest BCUT2D eigenvalue weighted by molar-refractivity contribution is 6.49. The molecule has 0 aromatic rings. The average Bonchev–Trinajstić information content (AvgIpc) is 2.64. The maximum atomic E-state index is 9.43. The first-order chi connectivity index (χ1) is 9.02. The minimum absolute atomic E-state index is 0.127. The molecule has 0 bridgehead atoms. The smallest absolute Gasteiger partial charge is 0.220 e. The molecule has 1 saturated carbocycles. The van der Waals surface area contributed by atoms with Crippen LogP contribution in [0.5, 0.6) is 0 Å². The Bertz CT molecular complexity index is 630. The quantitative estimate of drug-likeness (QED) is 0.616. The number of hydrazone groups is 1. The fourth-order valence-electron chi connectivity index (χ4n) is 2.53. The number of rotatable bonds is 0. The summed E-state index contributed by atoms with van der Waals surface area (Å²) in [6.07, 6.45) is 0. The second-order valence-corrected chi connectivity index (χ2v) is 4.52. The third-order valence-electron chi connectivity index (χ3n) is 3.65. The summed E-state index contributed by atoms with van der Waals surface area (Å²) in [6.45, 7) is 1.91. The lowest BCUT2D eigenvalue weighted by atomic mass is 9.65. The van der Waals surface area contributed by atoms with Gasteiger partial charge in [0.25, 0.3) is 0 Å². The van der Waals surface area contributed by atoms with Gasteiger partial charge in [-0.15, -0.1) is 0 Å². The van der Waals surface area contributed by atoms with Gasteiger partial charge in [0, 0.05) is 13.0 Å². The zero-order chi connectivity index (χ0) is 14.3. The third kappa shape index (κ3) is 1.17. The van der Waals surface area contributed by atoms with E-state index in [0.29, 0.717) is 5.71 Å². The molecule has 1 fully saturated rings. The van der Waals surface area contributed by atoms with Crippen molar-refractivity contribution in [2.45, 2.75) is 6.92 Å². The van der Waals surface area contributed by atoms with E-state index < -0.39 is 16.7 Å². The summed E-state index contributed by atoms with van der Waals surface area (Å²) in [5.41, 5.74) is -3.14. The van der Waals surface area contributed by atoms with Gasteiger partial charge in [0.15, 0.2) is 5.41 Å². The maximum Gasteiger partial charge on any atom is 0.220 e. The highest BCUT2D eigenvalue weighted by Gasteiger charge is 2.69. The summed E-state index contributed by atoms with van der Waals surface area (Å²) in [5.74, 6) is -0.630. The van der Waals surface area contributed by atoms with Gasteiger partial charge in [0.05, 0.1) is 30.0 Å². The summed E-state index contributed by atoms with van der Waals surface area (Å²) < 4.78 is 0. The SMILES string of the molecule is C[C@@H]1C2=NCN(C)N=C2C(C#N)(C#N)C1(C#N)C#N. The van der Waals surface area contributed by atoms with Gasteiger partial charge < -0.3 is 0 Å². The second-order valence-electron chi connectivity index (χ2n) is 4.52. The van der Waals surface area contributed by atoms with Crippen LogP contribution in [-0.4, -0.2) is 30.1 Å². The Morgan fingerprint density at radius 2 is 1.74 bits per heavy atom. The zero-order valence-corrected chi connectivity index (χ0v) is 10.4. The molecule has 2 rings (SSSR count). The first kappa shape index (κ1) is 12.6. The Morgan fingerprint density at radius 3 is 2.21 bits per heavy atom. The van der Waals surface area contributed by atoms with Crippen LogP contribution in [0.25, 0.3) is 0 Å². The normalized spacial score (nSPS) is 25.8. The van der Waals surface area contributed by atoms with Crippen LogP contribution in [-0.2, 0) is 0 Å². The van der Waals surface area contributed by atoms with E-state index in [1.807, 2.05) is 24.3 Å². The molecule has 92 valence electrons. The van der Waals surface area contributed by atoms with Crippen LogP contribution in [0.4, 0.5) is 0 Å². The molecule has 0 N–H and O–H groups in total. The molecular formula is C12H9N7. The van der Waals surface area contributed by atoms with Crippen molar-refractivity contribution in [2.24, 2.45) is 26.8 Å². The predicted octanol–water partition coefficient (Wildman–Crippen LogP) is 0.403. The van der Waals surface area contributed by atoms with E-state index in [2.05, 4.69) is 10.1 Å². The second kappa shape index (κ2) is 3.80. The Balaban J connectivity index is 2.86. The van der Waals surface area contributed by atoms with Crippen LogP contribution < -0.4 is 0 Å². The van der Waals surface area contributed by atoms with E-state index >= 15 is 0 Å². The molecule has 19 heavy (non-hydrogen) atoms. The number of hydrogen-bond acceptors (Lipinski definition) is 7. The third-order valence-corrected chi connectivity index (χ3v) is 3.65. The van der Waals surface area contributed by atoms with Crippen LogP contribution >= 0.6 is 0 Å². The van der Waals surface area contributed by atoms with Crippen LogP contribution in [0.1, 0.15) is 6.92 Å². The Labute approximate surface area is 110 Å². The van der Waals surface area contributed by atoms with Crippen molar-refractivity contribution in [1.29, 1.82) is 21.0 Å². The van der Waals surface area contributed by atoms with E-state index in [4.69, 9.17) is 0 Å². The van der Waals surface area contributed by atoms with E-state index in [-0.39, 0.29) is 12.4 Å². The summed E-state index contributed by atoms with van der Waals surface area (Å²) in [4.78, 5) is 4.24. The summed E-state index contributed by atoms with van der Waals surface area (Å²) in [5, 5.41) is 43.3. The molecule has 0 unspecified atom stereocenters. The van der Waals surface area contributed by atoms with Crippen molar-refractivity contribution in [2.75, 3.05) is 13.7 Å². The zero-order valence-electron chi connectivity index (χ0n) is 10.4. The number of nitriles is 4. The van der Waals surface area contributed by atoms with E-state index in [1.54, 1.807) is 14.0 Å². The first-order valence-electron chi connectivity index (χ1n) is 5.53. The molecule has 0 saturated heterocycles. The Kier molecular flexibility index (Phi) is 2.51. The standard InChI is InChI=1S/C12H9N7/c1-8-9-10(18-19(2)7-17-9)12(5-15,6-16)11(8,3-13)4-14/h8H,7H2,1-2H3/t8-/m1/s1. The van der Waals surface area contributed by atoms with Gasteiger partial charge in [-0.05, 0) is 0 Å². The van der Waals surface area contributed by atoms with Crippen LogP contribution in [0, 0.1) is 62.1 Å². The maximum absolute atomic E-state index is 9.43. The molecule has 1 aliphatic carbocycles. The molecule has 1 atom stereocenters. The predicted molar refractivity (Wildman–Crippen MR) is 64.0 cm³/mol. The summed E-state index contributed by atoms with van der Waals surface area (Å²) in [7, 11) is 1.65. The largest absolute Gasteiger partial charge is 0.278 e. The highest BCUT2D eigenvalue weighted by atomic mass is 15.5. The lowest BCUT2D eigenvalue weighted by molar-refractivity contribution is 0.344. The van der Waals surface area contributed by atoms with Crippen molar-refractivity contribution < 1.29 is 0 Å². The van der Waals surface area contributed by atoms with Gasteiger partial charge in [0.2, 0.25) is 5.41 Å². The molecule has 0 aromatic carbocycles. The first-order valence-corrected chi connectivity index (χ1v) is 5.53. The average molecular weight is 251 g/mol. The summed E-state index contributed by atoms with van der Waals surface area (Å²) >= 11 is 0. The number of nitrogens with zero attached hydrogens (tertiary/aromatic N) is 7. The van der Waals surface area contributed by atoms with Crippen molar-refractivity contribution in [3.8, 4) is 24.3 Å². The molecular weight excluding hydrogens is 242 g/mol. The van der Waals surface area contributed by atoms with Crippen LogP contribution in [0.2, 0.25) is 0 Å². The monoisotopic (exact) mass is 251 g/mol. The molecule has 0 spiro atoms. The Morgan fingerprint density at radius 1 is 1.16 bits per heavy atom. The molecule has 1 aliphatic heterocycles. The van der Waals surface area contributed by atoms with Gasteiger partial charge in [-0.1, -0.05) is 6.92 Å². The Hall–Kier alpha value is -2.90.